The van der Waals surface area contributed by atoms with Gasteiger partial charge in [0.1, 0.15) is 5.60 Å². The zero-order valence-electron chi connectivity index (χ0n) is 20.8. The second kappa shape index (κ2) is 11.2. The highest BCUT2D eigenvalue weighted by Crippen LogP contribution is 2.37. The first-order valence-electron chi connectivity index (χ1n) is 10.7. The average Bonchev–Trinajstić information content (AvgIpc) is 2.63. The molecule has 0 aromatic heterocycles. The summed E-state index contributed by atoms with van der Waals surface area (Å²) in [7, 11) is -0.340. The highest BCUT2D eigenvalue weighted by molar-refractivity contribution is 6.74. The van der Waals surface area contributed by atoms with Crippen LogP contribution in [0.3, 0.4) is 0 Å². The van der Waals surface area contributed by atoms with Gasteiger partial charge < -0.3 is 19.3 Å². The van der Waals surface area contributed by atoms with Crippen molar-refractivity contribution < 1.29 is 19.2 Å². The fourth-order valence-electron chi connectivity index (χ4n) is 2.76. The van der Waals surface area contributed by atoms with Gasteiger partial charge in [0.25, 0.3) is 0 Å². The van der Waals surface area contributed by atoms with Gasteiger partial charge in [-0.2, -0.15) is 0 Å². The maximum Gasteiger partial charge on any atom is 0.410 e. The van der Waals surface area contributed by atoms with Gasteiger partial charge in [0.15, 0.2) is 8.32 Å². The Bertz CT molecular complexity index is 817. The molecule has 32 heavy (non-hydrogen) atoms. The average molecular weight is 506 g/mol. The number of benzene rings is 1. The van der Waals surface area contributed by atoms with Crippen molar-refractivity contribution in [2.24, 2.45) is 5.16 Å². The maximum absolute atomic E-state index is 12.4. The molecule has 0 unspecified atom stereocenters. The molecule has 0 aliphatic heterocycles. The van der Waals surface area contributed by atoms with Gasteiger partial charge in [-0.1, -0.05) is 55.2 Å². The van der Waals surface area contributed by atoms with Gasteiger partial charge in [-0.3, -0.25) is 0 Å². The van der Waals surface area contributed by atoms with E-state index in [1.54, 1.807) is 40.0 Å². The Hall–Kier alpha value is -1.28. The summed E-state index contributed by atoms with van der Waals surface area (Å²) in [5.41, 5.74) is 0.626. The van der Waals surface area contributed by atoms with Gasteiger partial charge in [-0.15, -0.1) is 0 Å². The van der Waals surface area contributed by atoms with E-state index in [1.165, 1.54) is 4.90 Å². The molecule has 0 saturated heterocycles. The van der Waals surface area contributed by atoms with Crippen molar-refractivity contribution in [2.45, 2.75) is 77.6 Å². The van der Waals surface area contributed by atoms with E-state index in [0.29, 0.717) is 28.8 Å². The summed E-state index contributed by atoms with van der Waals surface area (Å²) in [6.07, 6.45) is 0.0653. The van der Waals surface area contributed by atoms with Crippen LogP contribution in [-0.4, -0.2) is 56.0 Å². The lowest BCUT2D eigenvalue weighted by atomic mass is 9.91. The first-order chi connectivity index (χ1) is 14.5. The molecule has 9 heteroatoms. The molecule has 1 atom stereocenters. The van der Waals surface area contributed by atoms with E-state index >= 15 is 0 Å². The van der Waals surface area contributed by atoms with Crippen molar-refractivity contribution in [3.63, 3.8) is 0 Å². The summed E-state index contributed by atoms with van der Waals surface area (Å²) >= 11 is 12.4. The number of rotatable bonds is 8. The molecular weight excluding hydrogens is 467 g/mol. The van der Waals surface area contributed by atoms with Crippen molar-refractivity contribution in [3.05, 3.63) is 33.8 Å². The van der Waals surface area contributed by atoms with Crippen LogP contribution in [0, 0.1) is 0 Å². The van der Waals surface area contributed by atoms with Crippen molar-refractivity contribution in [3.8, 4) is 0 Å². The van der Waals surface area contributed by atoms with Crippen LogP contribution in [0.1, 0.15) is 59.4 Å². The number of amides is 1. The molecule has 1 rings (SSSR count). The molecule has 1 N–H and O–H groups in total. The third-order valence-corrected chi connectivity index (χ3v) is 10.9. The standard InChI is InChI=1S/C23H38Cl2N2O4Si/c1-22(2,3)31-21(28)27(7)15-20(26-29)17(16-10-11-18(24)19(25)14-16)12-13-30-32(8,9)23(4,5)6/h10-11,14,17,29H,12-13,15H2,1-9H3/b26-20-/t17-/m1/s1. The molecule has 1 aromatic rings. The lowest BCUT2D eigenvalue weighted by molar-refractivity contribution is 0.0322. The molecule has 0 heterocycles. The molecule has 0 bridgehead atoms. The SMILES string of the molecule is CN(C/C(=N/O)[C@H](CCO[Si](C)(C)C(C)(C)C)c1ccc(Cl)c(Cl)c1)C(=O)OC(C)(C)C. The number of hydrogen-bond donors (Lipinski definition) is 1. The maximum atomic E-state index is 12.4. The van der Waals surface area contributed by atoms with E-state index in [2.05, 4.69) is 39.0 Å². The summed E-state index contributed by atoms with van der Waals surface area (Å²) in [5.74, 6) is -0.315. The predicted octanol–water partition coefficient (Wildman–Crippen LogP) is 7.19. The van der Waals surface area contributed by atoms with Crippen LogP contribution in [0.2, 0.25) is 28.2 Å². The molecule has 0 fully saturated rings. The van der Waals surface area contributed by atoms with Gasteiger partial charge in [-0.25, -0.2) is 4.79 Å². The van der Waals surface area contributed by atoms with Crippen molar-refractivity contribution >= 4 is 43.3 Å². The molecular formula is C23H38Cl2N2O4Si. The highest BCUT2D eigenvalue weighted by atomic mass is 35.5. The monoisotopic (exact) mass is 504 g/mol. The minimum absolute atomic E-state index is 0.0803. The van der Waals surface area contributed by atoms with Crippen molar-refractivity contribution in [1.82, 2.24) is 4.90 Å². The Balaban J connectivity index is 3.12. The Kier molecular flexibility index (Phi) is 10.1. The molecule has 1 aromatic carbocycles. The van der Waals surface area contributed by atoms with E-state index in [9.17, 15) is 10.0 Å². The van der Waals surface area contributed by atoms with Crippen LogP contribution >= 0.6 is 23.2 Å². The molecule has 0 aliphatic rings. The van der Waals surface area contributed by atoms with E-state index in [4.69, 9.17) is 32.4 Å². The first-order valence-corrected chi connectivity index (χ1v) is 14.4. The van der Waals surface area contributed by atoms with Crippen LogP contribution in [0.25, 0.3) is 0 Å². The number of carbonyl (C=O) groups is 1. The summed E-state index contributed by atoms with van der Waals surface area (Å²) in [5, 5.41) is 14.3. The Labute approximate surface area is 204 Å². The minimum Gasteiger partial charge on any atom is -0.444 e. The number of carbonyl (C=O) groups excluding carboxylic acids is 1. The molecule has 182 valence electrons. The largest absolute Gasteiger partial charge is 0.444 e. The number of halogens is 2. The van der Waals surface area contributed by atoms with E-state index in [1.807, 2.05) is 6.07 Å². The van der Waals surface area contributed by atoms with Gasteiger partial charge in [0, 0.05) is 19.6 Å². The van der Waals surface area contributed by atoms with Gasteiger partial charge >= 0.3 is 6.09 Å². The molecule has 0 spiro atoms. The molecule has 1 amide bonds. The lowest BCUT2D eigenvalue weighted by Crippen LogP contribution is -2.41. The quantitative estimate of drug-likeness (QED) is 0.176. The number of ether oxygens (including phenoxy) is 1. The summed E-state index contributed by atoms with van der Waals surface area (Å²) in [6.45, 7) is 16.9. The van der Waals surface area contributed by atoms with Crippen LogP contribution in [0.15, 0.2) is 23.4 Å². The van der Waals surface area contributed by atoms with Crippen LogP contribution in [-0.2, 0) is 9.16 Å². The number of hydrogen-bond acceptors (Lipinski definition) is 5. The normalized spacial score (nSPS) is 14.3. The van der Waals surface area contributed by atoms with Crippen LogP contribution in [0.4, 0.5) is 4.79 Å². The number of nitrogens with zero attached hydrogens (tertiary/aromatic N) is 2. The van der Waals surface area contributed by atoms with Gasteiger partial charge in [0.2, 0.25) is 0 Å². The van der Waals surface area contributed by atoms with Crippen LogP contribution in [0.5, 0.6) is 0 Å². The summed E-state index contributed by atoms with van der Waals surface area (Å²) in [4.78, 5) is 13.8. The fourth-order valence-corrected chi connectivity index (χ4v) is 4.13. The third kappa shape index (κ3) is 8.58. The van der Waals surface area contributed by atoms with E-state index in [-0.39, 0.29) is 17.5 Å². The second-order valence-corrected chi connectivity index (χ2v) is 16.2. The Morgan fingerprint density at radius 3 is 2.22 bits per heavy atom. The zero-order chi connectivity index (χ0) is 24.9. The zero-order valence-corrected chi connectivity index (χ0v) is 23.3. The summed E-state index contributed by atoms with van der Waals surface area (Å²) in [6, 6.07) is 5.33. The molecule has 6 nitrogen and oxygen atoms in total. The van der Waals surface area contributed by atoms with E-state index in [0.717, 1.165) is 5.56 Å². The second-order valence-electron chi connectivity index (χ2n) is 10.6. The van der Waals surface area contributed by atoms with Gasteiger partial charge in [-0.05, 0) is 63.0 Å². The summed E-state index contributed by atoms with van der Waals surface area (Å²) < 4.78 is 11.8. The minimum atomic E-state index is -1.95. The molecule has 0 radical (unpaired) electrons. The first kappa shape index (κ1) is 28.7. The van der Waals surface area contributed by atoms with E-state index < -0.39 is 20.0 Å². The number of oxime groups is 1. The Morgan fingerprint density at radius 1 is 1.16 bits per heavy atom. The Morgan fingerprint density at radius 2 is 1.75 bits per heavy atom. The highest BCUT2D eigenvalue weighted by Gasteiger charge is 2.37. The van der Waals surface area contributed by atoms with Crippen molar-refractivity contribution in [1.29, 1.82) is 0 Å². The molecule has 0 saturated carbocycles. The fraction of sp³-hybridized carbons (Fsp3) is 0.652. The van der Waals surface area contributed by atoms with Gasteiger partial charge in [0.05, 0.1) is 22.3 Å². The van der Waals surface area contributed by atoms with Crippen molar-refractivity contribution in [2.75, 3.05) is 20.2 Å². The lowest BCUT2D eigenvalue weighted by Gasteiger charge is -2.36. The predicted molar refractivity (Wildman–Crippen MR) is 135 cm³/mol. The third-order valence-electron chi connectivity index (χ3n) is 5.66. The van der Waals surface area contributed by atoms with Crippen LogP contribution < -0.4 is 0 Å². The molecule has 0 aliphatic carbocycles. The topological polar surface area (TPSA) is 71.4 Å². The smallest absolute Gasteiger partial charge is 0.410 e.